The van der Waals surface area contributed by atoms with E-state index < -0.39 is 0 Å². The topological polar surface area (TPSA) is 32.7 Å². The molecule has 1 aliphatic heterocycles. The summed E-state index contributed by atoms with van der Waals surface area (Å²) in [5.74, 6) is 1.28. The Morgan fingerprint density at radius 1 is 0.818 bits per heavy atom. The maximum atomic E-state index is 9.61. The molecule has 1 aliphatic rings. The minimum absolute atomic E-state index is 0.318. The van der Waals surface area contributed by atoms with Gasteiger partial charge in [-0.3, -0.25) is 4.90 Å². The standard InChI is InChI=1S/C29H31NO2S/c31-24-12-7-23(8-13-24)21-29-27(26-5-1-2-6-28(26)33-29)16-11-22-9-14-25(15-10-22)32-20-19-30-17-3-4-18-30/h1-2,5-10,12-15,31H,3-4,11,16-21H2. The third-order valence-corrected chi connectivity index (χ3v) is 7.76. The number of likely N-dealkylation sites (tertiary alicyclic amines) is 1. The highest BCUT2D eigenvalue weighted by atomic mass is 32.1. The molecule has 33 heavy (non-hydrogen) atoms. The van der Waals surface area contributed by atoms with E-state index in [1.807, 2.05) is 23.5 Å². The van der Waals surface area contributed by atoms with Crippen molar-refractivity contribution in [1.29, 1.82) is 0 Å². The predicted octanol–water partition coefficient (Wildman–Crippen LogP) is 6.46. The lowest BCUT2D eigenvalue weighted by Crippen LogP contribution is -2.25. The number of phenolic OH excluding ortho intramolecular Hbond substituents is 1. The van der Waals surface area contributed by atoms with Gasteiger partial charge in [0, 0.05) is 22.5 Å². The molecule has 3 aromatic carbocycles. The number of hydrogen-bond donors (Lipinski definition) is 1. The molecule has 1 N–H and O–H groups in total. The average Bonchev–Trinajstić information content (AvgIpc) is 3.48. The van der Waals surface area contributed by atoms with Gasteiger partial charge in [0.2, 0.25) is 0 Å². The number of aryl methyl sites for hydroxylation is 2. The Labute approximate surface area is 200 Å². The van der Waals surface area contributed by atoms with Crippen LogP contribution in [-0.4, -0.2) is 36.2 Å². The lowest BCUT2D eigenvalue weighted by Gasteiger charge is -2.15. The Morgan fingerprint density at radius 2 is 1.55 bits per heavy atom. The molecule has 0 saturated carbocycles. The van der Waals surface area contributed by atoms with E-state index in [-0.39, 0.29) is 0 Å². The molecule has 2 heterocycles. The van der Waals surface area contributed by atoms with Crippen molar-refractivity contribution < 1.29 is 9.84 Å². The van der Waals surface area contributed by atoms with E-state index in [4.69, 9.17) is 4.74 Å². The van der Waals surface area contributed by atoms with Gasteiger partial charge >= 0.3 is 0 Å². The van der Waals surface area contributed by atoms with Gasteiger partial charge in [0.25, 0.3) is 0 Å². The molecule has 0 unspecified atom stereocenters. The first kappa shape index (κ1) is 22.0. The number of phenols is 1. The smallest absolute Gasteiger partial charge is 0.119 e. The van der Waals surface area contributed by atoms with Crippen LogP contribution < -0.4 is 4.74 Å². The summed E-state index contributed by atoms with van der Waals surface area (Å²) < 4.78 is 7.32. The normalized spacial score (nSPS) is 14.2. The van der Waals surface area contributed by atoms with Gasteiger partial charge in [-0.05, 0) is 91.2 Å². The minimum Gasteiger partial charge on any atom is -0.508 e. The van der Waals surface area contributed by atoms with Crippen molar-refractivity contribution in [3.05, 3.63) is 94.4 Å². The highest BCUT2D eigenvalue weighted by Gasteiger charge is 2.13. The Kier molecular flexibility index (Phi) is 6.94. The molecule has 3 nitrogen and oxygen atoms in total. The van der Waals surface area contributed by atoms with E-state index in [2.05, 4.69) is 53.4 Å². The molecule has 4 aromatic rings. The molecule has 1 aromatic heterocycles. The summed E-state index contributed by atoms with van der Waals surface area (Å²) in [6.45, 7) is 4.22. The van der Waals surface area contributed by atoms with Gasteiger partial charge in [0.1, 0.15) is 18.1 Å². The summed E-state index contributed by atoms with van der Waals surface area (Å²) in [7, 11) is 0. The maximum absolute atomic E-state index is 9.61. The second kappa shape index (κ2) is 10.4. The predicted molar refractivity (Wildman–Crippen MR) is 138 cm³/mol. The van der Waals surface area contributed by atoms with Crippen LogP contribution in [0, 0.1) is 0 Å². The summed E-state index contributed by atoms with van der Waals surface area (Å²) in [6, 6.07) is 25.0. The minimum atomic E-state index is 0.318. The van der Waals surface area contributed by atoms with Crippen LogP contribution in [0.5, 0.6) is 11.5 Å². The average molecular weight is 458 g/mol. The third kappa shape index (κ3) is 5.58. The molecule has 0 spiro atoms. The molecule has 4 heteroatoms. The zero-order valence-electron chi connectivity index (χ0n) is 19.0. The number of fused-ring (bicyclic) bond motifs is 1. The SMILES string of the molecule is Oc1ccc(Cc2sc3ccccc3c2CCc2ccc(OCCN3CCCC3)cc2)cc1. The summed E-state index contributed by atoms with van der Waals surface area (Å²) in [4.78, 5) is 3.90. The first-order valence-corrected chi connectivity index (χ1v) is 12.8. The van der Waals surface area contributed by atoms with Crippen molar-refractivity contribution in [2.75, 3.05) is 26.2 Å². The summed E-state index contributed by atoms with van der Waals surface area (Å²) in [5.41, 5.74) is 4.03. The van der Waals surface area contributed by atoms with Crippen LogP contribution in [-0.2, 0) is 19.3 Å². The molecule has 170 valence electrons. The Morgan fingerprint density at radius 3 is 2.33 bits per heavy atom. The quantitative estimate of drug-likeness (QED) is 0.313. The highest BCUT2D eigenvalue weighted by Crippen LogP contribution is 2.34. The molecule has 0 bridgehead atoms. The molecule has 5 rings (SSSR count). The molecular formula is C29H31NO2S. The number of thiophene rings is 1. The molecule has 1 fully saturated rings. The maximum Gasteiger partial charge on any atom is 0.119 e. The van der Waals surface area contributed by atoms with Gasteiger partial charge in [-0.2, -0.15) is 0 Å². The van der Waals surface area contributed by atoms with Gasteiger partial charge in [0.15, 0.2) is 0 Å². The lowest BCUT2D eigenvalue weighted by molar-refractivity contribution is 0.238. The van der Waals surface area contributed by atoms with Crippen molar-refractivity contribution >= 4 is 21.4 Å². The number of aromatic hydroxyl groups is 1. The van der Waals surface area contributed by atoms with E-state index in [0.29, 0.717) is 5.75 Å². The monoisotopic (exact) mass is 457 g/mol. The Balaban J connectivity index is 1.24. The summed E-state index contributed by atoms with van der Waals surface area (Å²) in [6.07, 6.45) is 5.58. The number of hydrogen-bond acceptors (Lipinski definition) is 4. The van der Waals surface area contributed by atoms with Gasteiger partial charge in [-0.25, -0.2) is 0 Å². The Bertz CT molecular complexity index is 1170. The van der Waals surface area contributed by atoms with E-state index >= 15 is 0 Å². The number of rotatable bonds is 9. The van der Waals surface area contributed by atoms with Crippen LogP contribution in [0.3, 0.4) is 0 Å². The van der Waals surface area contributed by atoms with Gasteiger partial charge in [0.05, 0.1) is 0 Å². The van der Waals surface area contributed by atoms with Crippen LogP contribution in [0.25, 0.3) is 10.1 Å². The number of benzene rings is 3. The third-order valence-electron chi connectivity index (χ3n) is 6.54. The van der Waals surface area contributed by atoms with E-state index in [0.717, 1.165) is 38.2 Å². The van der Waals surface area contributed by atoms with Crippen LogP contribution in [0.2, 0.25) is 0 Å². The fourth-order valence-corrected chi connectivity index (χ4v) is 5.97. The van der Waals surface area contributed by atoms with E-state index in [1.165, 1.54) is 57.6 Å². The van der Waals surface area contributed by atoms with Crippen LogP contribution in [0.15, 0.2) is 72.8 Å². The van der Waals surface area contributed by atoms with Crippen LogP contribution in [0.1, 0.15) is 34.4 Å². The van der Waals surface area contributed by atoms with Gasteiger partial charge in [-0.1, -0.05) is 42.5 Å². The van der Waals surface area contributed by atoms with Crippen LogP contribution >= 0.6 is 11.3 Å². The van der Waals surface area contributed by atoms with Crippen molar-refractivity contribution in [2.24, 2.45) is 0 Å². The van der Waals surface area contributed by atoms with Gasteiger partial charge in [-0.15, -0.1) is 11.3 Å². The first-order chi connectivity index (χ1) is 16.2. The summed E-state index contributed by atoms with van der Waals surface area (Å²) in [5, 5.41) is 11.0. The molecular weight excluding hydrogens is 426 g/mol. The van der Waals surface area contributed by atoms with Crippen LogP contribution in [0.4, 0.5) is 0 Å². The second-order valence-corrected chi connectivity index (χ2v) is 10.0. The second-order valence-electron chi connectivity index (χ2n) is 8.88. The van der Waals surface area contributed by atoms with Crippen molar-refractivity contribution in [3.63, 3.8) is 0 Å². The number of nitrogens with zero attached hydrogens (tertiary/aromatic N) is 1. The Hall–Kier alpha value is -2.82. The molecule has 0 aliphatic carbocycles. The molecule has 0 radical (unpaired) electrons. The fraction of sp³-hybridized carbons (Fsp3) is 0.310. The zero-order valence-corrected chi connectivity index (χ0v) is 19.8. The van der Waals surface area contributed by atoms with E-state index in [9.17, 15) is 5.11 Å². The molecule has 1 saturated heterocycles. The molecule has 0 atom stereocenters. The van der Waals surface area contributed by atoms with Crippen molar-refractivity contribution in [2.45, 2.75) is 32.1 Å². The zero-order chi connectivity index (χ0) is 22.5. The first-order valence-electron chi connectivity index (χ1n) is 12.0. The largest absolute Gasteiger partial charge is 0.508 e. The van der Waals surface area contributed by atoms with E-state index in [1.54, 1.807) is 12.1 Å². The highest BCUT2D eigenvalue weighted by molar-refractivity contribution is 7.19. The fourth-order valence-electron chi connectivity index (χ4n) is 4.69. The lowest BCUT2D eigenvalue weighted by atomic mass is 9.99. The summed E-state index contributed by atoms with van der Waals surface area (Å²) >= 11 is 1.89. The van der Waals surface area contributed by atoms with Crippen molar-refractivity contribution in [3.8, 4) is 11.5 Å². The molecule has 0 amide bonds. The van der Waals surface area contributed by atoms with Crippen molar-refractivity contribution in [1.82, 2.24) is 4.90 Å². The van der Waals surface area contributed by atoms with Gasteiger partial charge < -0.3 is 9.84 Å². The number of ether oxygens (including phenoxy) is 1.